The van der Waals surface area contributed by atoms with Crippen LogP contribution in [0.5, 0.6) is 0 Å². The first-order chi connectivity index (χ1) is 16.7. The maximum Gasteiger partial charge on any atom is 0.416 e. The first kappa shape index (κ1) is 25.9. The Morgan fingerprint density at radius 2 is 2.06 bits per heavy atom. The van der Waals surface area contributed by atoms with Gasteiger partial charge in [-0.05, 0) is 40.6 Å². The van der Waals surface area contributed by atoms with Crippen LogP contribution < -0.4 is 10.5 Å². The number of hydrogen-bond acceptors (Lipinski definition) is 6. The molecule has 0 bridgehead atoms. The molecule has 1 aliphatic heterocycles. The van der Waals surface area contributed by atoms with Gasteiger partial charge in [0, 0.05) is 30.8 Å². The van der Waals surface area contributed by atoms with E-state index >= 15 is 0 Å². The molecule has 4 rings (SSSR count). The summed E-state index contributed by atoms with van der Waals surface area (Å²) in [6.45, 7) is 2.18. The first-order valence-electron chi connectivity index (χ1n) is 10.5. The predicted octanol–water partition coefficient (Wildman–Crippen LogP) is 4.69. The fraction of sp³-hybridized carbons (Fsp3) is 0.333. The first-order valence-corrected chi connectivity index (χ1v) is 14.9. The van der Waals surface area contributed by atoms with Crippen molar-refractivity contribution in [2.45, 2.75) is 32.6 Å². The van der Waals surface area contributed by atoms with Gasteiger partial charge in [0.05, 0.1) is 37.0 Å². The molecule has 0 saturated carbocycles. The third-order valence-corrected chi connectivity index (χ3v) is 7.77. The van der Waals surface area contributed by atoms with E-state index in [9.17, 15) is 22.8 Å². The zero-order chi connectivity index (χ0) is 25.3. The van der Waals surface area contributed by atoms with E-state index in [1.165, 1.54) is 33.5 Å². The van der Waals surface area contributed by atoms with Crippen molar-refractivity contribution in [3.8, 4) is 0 Å². The van der Waals surface area contributed by atoms with Gasteiger partial charge in [0.2, 0.25) is 0 Å². The van der Waals surface area contributed by atoms with E-state index in [1.807, 2.05) is 22.0 Å². The maximum absolute atomic E-state index is 13.5. The van der Waals surface area contributed by atoms with Crippen molar-refractivity contribution in [3.63, 3.8) is 0 Å². The Hall–Kier alpha value is -2.18. The highest BCUT2D eigenvalue weighted by Gasteiger charge is 2.34. The molecular weight excluding hydrogens is 621 g/mol. The Kier molecular flexibility index (Phi) is 7.72. The second-order valence-corrected chi connectivity index (χ2v) is 10.0. The lowest BCUT2D eigenvalue weighted by Crippen LogP contribution is -2.33. The van der Waals surface area contributed by atoms with Gasteiger partial charge in [0.15, 0.2) is 5.69 Å². The molecule has 0 saturated heterocycles. The van der Waals surface area contributed by atoms with Gasteiger partial charge in [-0.2, -0.15) is 23.4 Å². The second kappa shape index (κ2) is 10.4. The van der Waals surface area contributed by atoms with Crippen LogP contribution in [0.4, 0.5) is 18.9 Å². The third kappa shape index (κ3) is 5.19. The van der Waals surface area contributed by atoms with Gasteiger partial charge in [0.25, 0.3) is 5.56 Å². The number of anilines is 1. The van der Waals surface area contributed by atoms with Gasteiger partial charge in [-0.25, -0.2) is 9.25 Å². The molecule has 8 nitrogen and oxygen atoms in total. The van der Waals surface area contributed by atoms with E-state index < -0.39 is 23.3 Å². The quantitative estimate of drug-likeness (QED) is 0.221. The number of hydrogen-bond donors (Lipinski definition) is 0. The van der Waals surface area contributed by atoms with E-state index in [-0.39, 0.29) is 42.4 Å². The second-order valence-electron chi connectivity index (χ2n) is 7.62. The van der Waals surface area contributed by atoms with E-state index in [4.69, 9.17) is 16.3 Å². The minimum atomic E-state index is -4.52. The van der Waals surface area contributed by atoms with Crippen LogP contribution in [-0.2, 0) is 30.4 Å². The van der Waals surface area contributed by atoms with Crippen LogP contribution in [0.3, 0.4) is 0 Å². The Balaban J connectivity index is 1.74. The molecule has 0 fully saturated rings. The zero-order valence-corrected chi connectivity index (χ0v) is 22.2. The van der Waals surface area contributed by atoms with E-state index in [1.54, 1.807) is 11.8 Å². The van der Waals surface area contributed by atoms with Crippen LogP contribution in [0.15, 0.2) is 35.3 Å². The van der Waals surface area contributed by atoms with Crippen LogP contribution in [0.2, 0.25) is 5.02 Å². The van der Waals surface area contributed by atoms with Crippen LogP contribution in [0.1, 0.15) is 39.8 Å². The number of alkyl halides is 3. The van der Waals surface area contributed by atoms with Crippen molar-refractivity contribution in [1.29, 1.82) is 0 Å². The summed E-state index contributed by atoms with van der Waals surface area (Å²) >= 11 is 8.35. The average molecular weight is 640 g/mol. The van der Waals surface area contributed by atoms with Crippen molar-refractivity contribution in [2.75, 3.05) is 18.1 Å². The Morgan fingerprint density at radius 1 is 1.31 bits per heavy atom. The molecule has 14 heteroatoms. The minimum absolute atomic E-state index is 0.0109. The predicted molar refractivity (Wildman–Crippen MR) is 135 cm³/mol. The van der Waals surface area contributed by atoms with Crippen molar-refractivity contribution in [1.82, 2.24) is 19.3 Å². The molecular formula is C21H19ClF3IN5O3P. The monoisotopic (exact) mass is 639 g/mol. The summed E-state index contributed by atoms with van der Waals surface area (Å²) in [4.78, 5) is 26.9. The minimum Gasteiger partial charge on any atom is -0.461 e. The SMILES string of the molecule is CCOC(=O)c1nn(Cc2ccccc2C(F)(F)F)c2c1CN(c1cnn(PI)c(=O)c1Cl)CC2. The largest absolute Gasteiger partial charge is 0.461 e. The van der Waals surface area contributed by atoms with Gasteiger partial charge >= 0.3 is 12.1 Å². The van der Waals surface area contributed by atoms with E-state index in [0.29, 0.717) is 29.9 Å². The summed E-state index contributed by atoms with van der Waals surface area (Å²) in [5, 5.41) is 8.50. The number of aromatic nitrogens is 4. The third-order valence-electron chi connectivity index (χ3n) is 5.57. The Labute approximate surface area is 217 Å². The topological polar surface area (TPSA) is 82.2 Å². The van der Waals surface area contributed by atoms with Crippen LogP contribution in [0, 0.1) is 0 Å². The number of halogens is 5. The average Bonchev–Trinajstić information content (AvgIpc) is 3.18. The van der Waals surface area contributed by atoms with Crippen molar-refractivity contribution < 1.29 is 22.7 Å². The molecule has 0 aliphatic carbocycles. The number of esters is 1. The number of carbonyl (C=O) groups excluding carboxylic acids is 1. The fourth-order valence-electron chi connectivity index (χ4n) is 3.99. The molecule has 186 valence electrons. The summed E-state index contributed by atoms with van der Waals surface area (Å²) in [6, 6.07) is 5.27. The number of rotatable bonds is 6. The highest BCUT2D eigenvalue weighted by molar-refractivity contribution is 14.2. The Bertz CT molecular complexity index is 1330. The maximum atomic E-state index is 13.5. The highest BCUT2D eigenvalue weighted by Crippen LogP contribution is 2.34. The van der Waals surface area contributed by atoms with E-state index in [2.05, 4.69) is 10.2 Å². The van der Waals surface area contributed by atoms with Crippen molar-refractivity contribution in [2.24, 2.45) is 0 Å². The molecule has 0 spiro atoms. The number of carbonyl (C=O) groups is 1. The molecule has 0 radical (unpaired) electrons. The van der Waals surface area contributed by atoms with Gasteiger partial charge in [0.1, 0.15) is 5.02 Å². The lowest BCUT2D eigenvalue weighted by molar-refractivity contribution is -0.138. The van der Waals surface area contributed by atoms with Crippen LogP contribution >= 0.6 is 40.0 Å². The molecule has 35 heavy (non-hydrogen) atoms. The molecule has 1 aromatic carbocycles. The zero-order valence-electron chi connectivity index (χ0n) is 18.3. The van der Waals surface area contributed by atoms with Crippen molar-refractivity contribution in [3.05, 3.63) is 73.9 Å². The molecule has 0 amide bonds. The number of nitrogens with zero attached hydrogens (tertiary/aromatic N) is 5. The molecule has 3 heterocycles. The highest BCUT2D eigenvalue weighted by atomic mass is 127. The molecule has 1 atom stereocenters. The molecule has 1 aliphatic rings. The smallest absolute Gasteiger partial charge is 0.416 e. The van der Waals surface area contributed by atoms with E-state index in [0.717, 1.165) is 6.07 Å². The van der Waals surface area contributed by atoms with Gasteiger partial charge in [-0.1, -0.05) is 29.8 Å². The van der Waals surface area contributed by atoms with Crippen molar-refractivity contribution >= 4 is 51.7 Å². The lowest BCUT2D eigenvalue weighted by Gasteiger charge is -2.30. The molecule has 2 aromatic heterocycles. The summed E-state index contributed by atoms with van der Waals surface area (Å²) in [5.74, 6) is -0.667. The lowest BCUT2D eigenvalue weighted by atomic mass is 10.0. The normalized spacial score (nSPS) is 13.9. The standard InChI is InChI=1S/C21H19ClF3IN5O3P/c1-2-34-20(33)18-13-11-29(16-9-27-31(35-26)19(32)17(16)22)8-7-15(13)30(28-18)10-12-5-3-4-6-14(12)21(23,24)25/h3-6,9,35H,2,7-8,10-11H2,1H3. The number of ether oxygens (including phenoxy) is 1. The van der Waals surface area contributed by atoms with Gasteiger partial charge in [-0.15, -0.1) is 0 Å². The van der Waals surface area contributed by atoms with Gasteiger partial charge in [-0.3, -0.25) is 9.48 Å². The summed E-state index contributed by atoms with van der Waals surface area (Å²) in [6.07, 6.45) is -2.58. The number of benzene rings is 1. The summed E-state index contributed by atoms with van der Waals surface area (Å²) in [5.41, 5.74) is 0.461. The van der Waals surface area contributed by atoms with Crippen LogP contribution in [-0.4, -0.2) is 38.5 Å². The summed E-state index contributed by atoms with van der Waals surface area (Å²) < 4.78 is 48.4. The molecule has 1 unspecified atom stereocenters. The van der Waals surface area contributed by atoms with Crippen LogP contribution in [0.25, 0.3) is 0 Å². The number of fused-ring (bicyclic) bond motifs is 1. The summed E-state index contributed by atoms with van der Waals surface area (Å²) in [7, 11) is 0. The molecule has 0 N–H and O–H groups in total. The fourth-order valence-corrected chi connectivity index (χ4v) is 5.63. The molecule has 3 aromatic rings. The van der Waals surface area contributed by atoms with Gasteiger partial charge < -0.3 is 9.64 Å². The Morgan fingerprint density at radius 3 is 2.74 bits per heavy atom.